The summed E-state index contributed by atoms with van der Waals surface area (Å²) in [4.78, 5) is 0. The largest absolute Gasteiger partial charge is 0.496 e. The number of ether oxygens (including phenoxy) is 1. The van der Waals surface area contributed by atoms with Gasteiger partial charge in [0.25, 0.3) is 0 Å². The number of rotatable bonds is 3. The van der Waals surface area contributed by atoms with Crippen molar-refractivity contribution in [3.8, 4) is 5.75 Å². The molecule has 0 radical (unpaired) electrons. The zero-order valence-electron chi connectivity index (χ0n) is 12.4. The van der Waals surface area contributed by atoms with Crippen LogP contribution in [-0.2, 0) is 18.3 Å². The van der Waals surface area contributed by atoms with Crippen LogP contribution in [0, 0.1) is 6.92 Å². The van der Waals surface area contributed by atoms with E-state index in [0.717, 1.165) is 18.6 Å². The van der Waals surface area contributed by atoms with Gasteiger partial charge in [-0.2, -0.15) is 0 Å². The van der Waals surface area contributed by atoms with E-state index in [1.54, 1.807) is 7.11 Å². The average molecular weight is 234 g/mol. The molecule has 0 fully saturated rings. The van der Waals surface area contributed by atoms with Crippen LogP contribution in [0.1, 0.15) is 56.9 Å². The van der Waals surface area contributed by atoms with Gasteiger partial charge < -0.3 is 4.74 Å². The Labute approximate surface area is 106 Å². The number of hydrogen-bond donors (Lipinski definition) is 0. The van der Waals surface area contributed by atoms with Crippen molar-refractivity contribution in [2.75, 3.05) is 7.11 Å². The first-order chi connectivity index (χ1) is 7.86. The molecule has 0 aromatic heterocycles. The number of hydrogen-bond acceptors (Lipinski definition) is 1. The maximum absolute atomic E-state index is 5.58. The predicted molar refractivity (Wildman–Crippen MR) is 75.2 cm³/mol. The molecule has 0 aliphatic carbocycles. The minimum absolute atomic E-state index is 0.201. The second kappa shape index (κ2) is 5.12. The topological polar surface area (TPSA) is 9.23 Å². The SMILES string of the molecule is CCc1c(C(C)(C)C)cc(C)c(OC)c1CC. The molecule has 96 valence electrons. The van der Waals surface area contributed by atoms with Crippen LogP contribution in [0.3, 0.4) is 0 Å². The molecule has 0 spiro atoms. The minimum Gasteiger partial charge on any atom is -0.496 e. The molecule has 1 heteroatoms. The highest BCUT2D eigenvalue weighted by molar-refractivity contribution is 5.52. The van der Waals surface area contributed by atoms with Gasteiger partial charge in [0.15, 0.2) is 0 Å². The zero-order chi connectivity index (χ0) is 13.2. The Hall–Kier alpha value is -0.980. The van der Waals surface area contributed by atoms with Gasteiger partial charge in [-0.1, -0.05) is 40.7 Å². The Balaban J connectivity index is 3.59. The molecule has 0 atom stereocenters. The van der Waals surface area contributed by atoms with Gasteiger partial charge in [0.1, 0.15) is 5.75 Å². The van der Waals surface area contributed by atoms with Gasteiger partial charge in [-0.3, -0.25) is 0 Å². The van der Waals surface area contributed by atoms with E-state index in [9.17, 15) is 0 Å². The minimum atomic E-state index is 0.201. The van der Waals surface area contributed by atoms with Crippen molar-refractivity contribution in [3.05, 3.63) is 28.3 Å². The van der Waals surface area contributed by atoms with Crippen LogP contribution >= 0.6 is 0 Å². The average Bonchev–Trinajstić information content (AvgIpc) is 2.26. The third kappa shape index (κ3) is 2.65. The summed E-state index contributed by atoms with van der Waals surface area (Å²) in [5, 5.41) is 0. The standard InChI is InChI=1S/C16H26O/c1-8-12-13(9-2)15(17-7)11(3)10-14(12)16(4,5)6/h10H,8-9H2,1-7H3. The van der Waals surface area contributed by atoms with Crippen molar-refractivity contribution in [1.29, 1.82) is 0 Å². The normalized spacial score (nSPS) is 11.7. The molecule has 0 unspecified atom stereocenters. The fourth-order valence-corrected chi connectivity index (χ4v) is 2.64. The fraction of sp³-hybridized carbons (Fsp3) is 0.625. The zero-order valence-corrected chi connectivity index (χ0v) is 12.4. The highest BCUT2D eigenvalue weighted by Crippen LogP contribution is 2.36. The highest BCUT2D eigenvalue weighted by atomic mass is 16.5. The van der Waals surface area contributed by atoms with Crippen LogP contribution in [0.25, 0.3) is 0 Å². The van der Waals surface area contributed by atoms with Gasteiger partial charge in [-0.25, -0.2) is 0 Å². The van der Waals surface area contributed by atoms with Crippen LogP contribution in [0.2, 0.25) is 0 Å². The van der Waals surface area contributed by atoms with Crippen LogP contribution in [0.15, 0.2) is 6.07 Å². The van der Waals surface area contributed by atoms with E-state index in [4.69, 9.17) is 4.74 Å². The van der Waals surface area contributed by atoms with E-state index in [1.165, 1.54) is 22.3 Å². The van der Waals surface area contributed by atoms with Crippen molar-refractivity contribution < 1.29 is 4.74 Å². The van der Waals surface area contributed by atoms with Gasteiger partial charge in [-0.15, -0.1) is 0 Å². The predicted octanol–water partition coefficient (Wildman–Crippen LogP) is 4.43. The molecule has 0 aliphatic heterocycles. The summed E-state index contributed by atoms with van der Waals surface area (Å²) in [7, 11) is 1.78. The van der Waals surface area contributed by atoms with E-state index in [-0.39, 0.29) is 5.41 Å². The smallest absolute Gasteiger partial charge is 0.125 e. The van der Waals surface area contributed by atoms with E-state index >= 15 is 0 Å². The van der Waals surface area contributed by atoms with Crippen LogP contribution in [0.5, 0.6) is 5.75 Å². The first kappa shape index (κ1) is 14.1. The van der Waals surface area contributed by atoms with E-state index < -0.39 is 0 Å². The lowest BCUT2D eigenvalue weighted by Gasteiger charge is -2.27. The van der Waals surface area contributed by atoms with Gasteiger partial charge in [0.2, 0.25) is 0 Å². The Morgan fingerprint density at radius 1 is 1.06 bits per heavy atom. The third-order valence-electron chi connectivity index (χ3n) is 3.40. The van der Waals surface area contributed by atoms with Crippen LogP contribution in [-0.4, -0.2) is 7.11 Å². The molecule has 1 nitrogen and oxygen atoms in total. The molecule has 0 N–H and O–H groups in total. The lowest BCUT2D eigenvalue weighted by molar-refractivity contribution is 0.405. The summed E-state index contributed by atoms with van der Waals surface area (Å²) in [5.74, 6) is 1.08. The molecule has 0 saturated carbocycles. The third-order valence-corrected chi connectivity index (χ3v) is 3.40. The molecular formula is C16H26O. The first-order valence-corrected chi connectivity index (χ1v) is 6.56. The number of aryl methyl sites for hydroxylation is 1. The molecule has 1 aromatic carbocycles. The van der Waals surface area contributed by atoms with E-state index in [2.05, 4.69) is 47.6 Å². The van der Waals surface area contributed by atoms with Gasteiger partial charge in [0.05, 0.1) is 7.11 Å². The second-order valence-electron chi connectivity index (χ2n) is 5.69. The van der Waals surface area contributed by atoms with Crippen LogP contribution in [0.4, 0.5) is 0 Å². The first-order valence-electron chi connectivity index (χ1n) is 6.56. The molecule has 0 heterocycles. The molecule has 0 aliphatic rings. The molecule has 17 heavy (non-hydrogen) atoms. The van der Waals surface area contributed by atoms with Gasteiger partial charge >= 0.3 is 0 Å². The molecule has 1 aromatic rings. The fourth-order valence-electron chi connectivity index (χ4n) is 2.64. The maximum atomic E-state index is 5.58. The molecule has 0 amide bonds. The van der Waals surface area contributed by atoms with Crippen molar-refractivity contribution in [1.82, 2.24) is 0 Å². The molecule has 0 saturated heterocycles. The van der Waals surface area contributed by atoms with Crippen molar-refractivity contribution in [2.24, 2.45) is 0 Å². The van der Waals surface area contributed by atoms with E-state index in [0.29, 0.717) is 0 Å². The van der Waals surface area contributed by atoms with Crippen LogP contribution < -0.4 is 4.74 Å². The van der Waals surface area contributed by atoms with Crippen molar-refractivity contribution in [3.63, 3.8) is 0 Å². The van der Waals surface area contributed by atoms with Crippen molar-refractivity contribution >= 4 is 0 Å². The number of benzene rings is 1. The quantitative estimate of drug-likeness (QED) is 0.752. The van der Waals surface area contributed by atoms with Gasteiger partial charge in [-0.05, 0) is 47.4 Å². The lowest BCUT2D eigenvalue weighted by Crippen LogP contribution is -2.16. The van der Waals surface area contributed by atoms with E-state index in [1.807, 2.05) is 0 Å². The summed E-state index contributed by atoms with van der Waals surface area (Å²) in [6.07, 6.45) is 2.11. The molecule has 1 rings (SSSR count). The maximum Gasteiger partial charge on any atom is 0.125 e. The van der Waals surface area contributed by atoms with Gasteiger partial charge in [0, 0.05) is 0 Å². The Morgan fingerprint density at radius 3 is 1.94 bits per heavy atom. The Kier molecular flexibility index (Phi) is 4.24. The summed E-state index contributed by atoms with van der Waals surface area (Å²) >= 11 is 0. The summed E-state index contributed by atoms with van der Waals surface area (Å²) in [6, 6.07) is 2.30. The number of methoxy groups -OCH3 is 1. The molecular weight excluding hydrogens is 208 g/mol. The lowest BCUT2D eigenvalue weighted by atomic mass is 9.79. The van der Waals surface area contributed by atoms with Crippen molar-refractivity contribution in [2.45, 2.75) is 59.8 Å². The summed E-state index contributed by atoms with van der Waals surface area (Å²) < 4.78 is 5.58. The highest BCUT2D eigenvalue weighted by Gasteiger charge is 2.22. The summed E-state index contributed by atoms with van der Waals surface area (Å²) in [6.45, 7) is 13.4. The summed E-state index contributed by atoms with van der Waals surface area (Å²) in [5.41, 5.74) is 5.79. The molecule has 0 bridgehead atoms. The second-order valence-corrected chi connectivity index (χ2v) is 5.69. The Morgan fingerprint density at radius 2 is 1.59 bits per heavy atom. The monoisotopic (exact) mass is 234 g/mol. The Bertz CT molecular complexity index is 397.